The SMILES string of the molecule is Cc1cc(C)c2op(Oc3c(-c4ccccc4)cccc3-c3ccccc3)oc3cc(C(C)(C)C)ccc3c2c1. The van der Waals surface area contributed by atoms with E-state index in [1.807, 2.05) is 36.4 Å². The Balaban J connectivity index is 1.65. The van der Waals surface area contributed by atoms with Gasteiger partial charge in [0.05, 0.1) is 0 Å². The number of fused-ring (bicyclic) bond motifs is 3. The summed E-state index contributed by atoms with van der Waals surface area (Å²) in [5.41, 5.74) is 9.12. The molecule has 0 saturated heterocycles. The second-order valence-corrected chi connectivity index (χ2v) is 12.3. The smallest absolute Gasteiger partial charge is 0.390 e. The van der Waals surface area contributed by atoms with E-state index in [0.717, 1.165) is 55.5 Å². The summed E-state index contributed by atoms with van der Waals surface area (Å²) in [6.45, 7) is 10.8. The lowest BCUT2D eigenvalue weighted by atomic mass is 9.86. The molecule has 0 radical (unpaired) electrons. The first-order valence-electron chi connectivity index (χ1n) is 13.6. The zero-order valence-electron chi connectivity index (χ0n) is 23.6. The summed E-state index contributed by atoms with van der Waals surface area (Å²) in [5, 5.41) is 2.05. The van der Waals surface area contributed by atoms with Crippen LogP contribution in [-0.2, 0) is 5.41 Å². The molecule has 0 aliphatic rings. The Morgan fingerprint density at radius 2 is 1.25 bits per heavy atom. The third-order valence-electron chi connectivity index (χ3n) is 7.25. The lowest BCUT2D eigenvalue weighted by Crippen LogP contribution is -2.10. The van der Waals surface area contributed by atoms with Crippen LogP contribution in [0.1, 0.15) is 37.5 Å². The number of aryl methyl sites for hydroxylation is 2. The molecule has 0 aliphatic heterocycles. The summed E-state index contributed by atoms with van der Waals surface area (Å²) in [5.74, 6) is 0.743. The zero-order chi connectivity index (χ0) is 27.9. The van der Waals surface area contributed by atoms with Gasteiger partial charge >= 0.3 is 8.24 Å². The first kappa shape index (κ1) is 26.0. The molecular formula is C36H33O3P. The molecule has 0 N–H and O–H groups in total. The predicted octanol–water partition coefficient (Wildman–Crippen LogP) is 11.4. The Kier molecular flexibility index (Phi) is 6.78. The number of hydrogen-bond donors (Lipinski definition) is 0. The molecule has 1 heterocycles. The van der Waals surface area contributed by atoms with Crippen molar-refractivity contribution in [3.8, 4) is 28.0 Å². The highest BCUT2D eigenvalue weighted by Crippen LogP contribution is 2.46. The van der Waals surface area contributed by atoms with Crippen LogP contribution in [0.3, 0.4) is 0 Å². The number of hydrogen-bond acceptors (Lipinski definition) is 3. The molecule has 6 aromatic rings. The summed E-state index contributed by atoms with van der Waals surface area (Å²) in [6.07, 6.45) is 0. The topological polar surface area (TPSA) is 35.5 Å². The summed E-state index contributed by atoms with van der Waals surface area (Å²) >= 11 is 0. The summed E-state index contributed by atoms with van der Waals surface area (Å²) in [6, 6.07) is 37.7. The van der Waals surface area contributed by atoms with Crippen molar-refractivity contribution in [1.29, 1.82) is 0 Å². The van der Waals surface area contributed by atoms with E-state index in [0.29, 0.717) is 0 Å². The molecule has 1 unspecified atom stereocenters. The van der Waals surface area contributed by atoms with E-state index in [4.69, 9.17) is 12.9 Å². The first-order chi connectivity index (χ1) is 19.3. The second-order valence-electron chi connectivity index (χ2n) is 11.3. The summed E-state index contributed by atoms with van der Waals surface area (Å²) < 4.78 is 20.2. The minimum Gasteiger partial charge on any atom is -0.390 e. The van der Waals surface area contributed by atoms with Crippen LogP contribution in [0.15, 0.2) is 118 Å². The quantitative estimate of drug-likeness (QED) is 0.221. The van der Waals surface area contributed by atoms with E-state index in [-0.39, 0.29) is 5.41 Å². The number of benzene rings is 5. The maximum absolute atomic E-state index is 6.85. The molecular weight excluding hydrogens is 511 g/mol. The van der Waals surface area contributed by atoms with Gasteiger partial charge in [-0.3, -0.25) is 0 Å². The molecule has 4 heteroatoms. The standard InChI is InChI=1S/C36H33O3P/c1-24-21-25(2)34-32(22-24)31-20-19-28(36(3,4)5)23-33(31)37-40(38-34)39-35-29(26-13-8-6-9-14-26)17-12-18-30(35)27-15-10-7-11-16-27/h6-23H,1-5H3. The highest BCUT2D eigenvalue weighted by molar-refractivity contribution is 7.32. The van der Waals surface area contributed by atoms with E-state index >= 15 is 0 Å². The Morgan fingerprint density at radius 1 is 0.625 bits per heavy atom. The van der Waals surface area contributed by atoms with Crippen molar-refractivity contribution < 1.29 is 12.9 Å². The Hall–Kier alpha value is -4.20. The average Bonchev–Trinajstić information content (AvgIpc) is 3.10. The Labute approximate surface area is 236 Å². The number of rotatable bonds is 4. The lowest BCUT2D eigenvalue weighted by Gasteiger charge is -2.18. The van der Waals surface area contributed by atoms with Crippen molar-refractivity contribution in [2.24, 2.45) is 0 Å². The fourth-order valence-corrected chi connectivity index (χ4v) is 6.33. The maximum atomic E-state index is 6.85. The van der Waals surface area contributed by atoms with Crippen LogP contribution in [-0.4, -0.2) is 0 Å². The van der Waals surface area contributed by atoms with Crippen LogP contribution in [0, 0.1) is 13.8 Å². The van der Waals surface area contributed by atoms with Crippen LogP contribution in [0.5, 0.6) is 5.75 Å². The van der Waals surface area contributed by atoms with Gasteiger partial charge in [0.15, 0.2) is 5.75 Å². The molecule has 0 amide bonds. The van der Waals surface area contributed by atoms with Gasteiger partial charge < -0.3 is 12.9 Å². The van der Waals surface area contributed by atoms with Crippen LogP contribution in [0.4, 0.5) is 0 Å². The molecule has 0 saturated carbocycles. The van der Waals surface area contributed by atoms with Gasteiger partial charge in [-0.25, -0.2) is 0 Å². The van der Waals surface area contributed by atoms with Crippen molar-refractivity contribution in [2.75, 3.05) is 0 Å². The van der Waals surface area contributed by atoms with Crippen LogP contribution in [0.25, 0.3) is 44.2 Å². The monoisotopic (exact) mass is 544 g/mol. The van der Waals surface area contributed by atoms with Gasteiger partial charge in [0.25, 0.3) is 0 Å². The molecule has 1 aromatic heterocycles. The van der Waals surface area contributed by atoms with Crippen LogP contribution >= 0.6 is 8.24 Å². The number of para-hydroxylation sites is 1. The first-order valence-corrected chi connectivity index (χ1v) is 14.7. The predicted molar refractivity (Wildman–Crippen MR) is 168 cm³/mol. The van der Waals surface area contributed by atoms with Gasteiger partial charge in [-0.2, -0.15) is 0 Å². The van der Waals surface area contributed by atoms with Gasteiger partial charge in [0, 0.05) is 21.9 Å². The minimum atomic E-state index is -1.84. The summed E-state index contributed by atoms with van der Waals surface area (Å²) in [4.78, 5) is 0. The van der Waals surface area contributed by atoms with E-state index < -0.39 is 8.24 Å². The van der Waals surface area contributed by atoms with Crippen molar-refractivity contribution >= 4 is 30.2 Å². The van der Waals surface area contributed by atoms with Crippen molar-refractivity contribution in [2.45, 2.75) is 40.0 Å². The van der Waals surface area contributed by atoms with Gasteiger partial charge in [0.1, 0.15) is 11.2 Å². The normalized spacial score (nSPS) is 12.1. The van der Waals surface area contributed by atoms with Crippen molar-refractivity contribution in [3.63, 3.8) is 0 Å². The third-order valence-corrected chi connectivity index (χ3v) is 8.25. The van der Waals surface area contributed by atoms with Gasteiger partial charge in [-0.05, 0) is 59.2 Å². The molecule has 6 rings (SSSR count). The molecule has 0 aliphatic carbocycles. The lowest BCUT2D eigenvalue weighted by molar-refractivity contribution is 0.499. The largest absolute Gasteiger partial charge is 0.453 e. The highest BCUT2D eigenvalue weighted by atomic mass is 31.1. The fourth-order valence-electron chi connectivity index (χ4n) is 5.17. The average molecular weight is 545 g/mol. The second kappa shape index (κ2) is 10.4. The summed E-state index contributed by atoms with van der Waals surface area (Å²) in [7, 11) is -1.84. The van der Waals surface area contributed by atoms with Gasteiger partial charge in [-0.1, -0.05) is 118 Å². The molecule has 5 aromatic carbocycles. The highest BCUT2D eigenvalue weighted by Gasteiger charge is 2.20. The molecule has 3 nitrogen and oxygen atoms in total. The van der Waals surface area contributed by atoms with Crippen molar-refractivity contribution in [3.05, 3.63) is 126 Å². The maximum Gasteiger partial charge on any atom is 0.453 e. The zero-order valence-corrected chi connectivity index (χ0v) is 24.5. The minimum absolute atomic E-state index is 0.0269. The molecule has 0 bridgehead atoms. The van der Waals surface area contributed by atoms with Crippen LogP contribution in [0.2, 0.25) is 0 Å². The molecule has 40 heavy (non-hydrogen) atoms. The van der Waals surface area contributed by atoms with E-state index in [9.17, 15) is 0 Å². The Morgan fingerprint density at radius 3 is 1.85 bits per heavy atom. The molecule has 200 valence electrons. The third kappa shape index (κ3) is 5.06. The Bertz CT molecular complexity index is 1810. The molecule has 0 fully saturated rings. The van der Waals surface area contributed by atoms with E-state index in [1.165, 1.54) is 11.1 Å². The van der Waals surface area contributed by atoms with Crippen molar-refractivity contribution in [1.82, 2.24) is 0 Å². The van der Waals surface area contributed by atoms with Gasteiger partial charge in [0.2, 0.25) is 0 Å². The molecule has 1 atom stereocenters. The van der Waals surface area contributed by atoms with E-state index in [1.54, 1.807) is 0 Å². The van der Waals surface area contributed by atoms with Crippen LogP contribution < -0.4 is 4.52 Å². The fraction of sp³-hybridized carbons (Fsp3) is 0.167. The van der Waals surface area contributed by atoms with E-state index in [2.05, 4.69) is 107 Å². The molecule has 0 spiro atoms. The van der Waals surface area contributed by atoms with Gasteiger partial charge in [-0.15, -0.1) is 0 Å².